The molecule has 0 radical (unpaired) electrons. The summed E-state index contributed by atoms with van der Waals surface area (Å²) in [6, 6.07) is 3.05. The summed E-state index contributed by atoms with van der Waals surface area (Å²) >= 11 is 0. The third-order valence-electron chi connectivity index (χ3n) is 3.16. The first kappa shape index (κ1) is 12.9. The smallest absolute Gasteiger partial charge is 0.247 e. The lowest BCUT2D eigenvalue weighted by molar-refractivity contribution is 0.585. The molecule has 0 atom stereocenters. The van der Waals surface area contributed by atoms with E-state index < -0.39 is 9.84 Å². The van der Waals surface area contributed by atoms with E-state index in [0.29, 0.717) is 30.4 Å². The SMILES string of the molecule is O=c1ccc(-c2nc(N3CCS(=O)(=O)CC3)n[nH]2)c[nH]1. The average Bonchev–Trinajstić information content (AvgIpc) is 2.89. The number of rotatable bonds is 2. The number of nitrogens with zero attached hydrogens (tertiary/aromatic N) is 3. The molecule has 0 aliphatic carbocycles. The van der Waals surface area contributed by atoms with Crippen molar-refractivity contribution in [2.45, 2.75) is 0 Å². The number of sulfone groups is 1. The Kier molecular flexibility index (Phi) is 3.05. The minimum Gasteiger partial charge on any atom is -0.338 e. The second-order valence-electron chi connectivity index (χ2n) is 4.56. The highest BCUT2D eigenvalue weighted by atomic mass is 32.2. The van der Waals surface area contributed by atoms with Crippen molar-refractivity contribution in [2.75, 3.05) is 29.5 Å². The number of aromatic nitrogens is 4. The third kappa shape index (κ3) is 2.57. The molecule has 0 unspecified atom stereocenters. The topological polar surface area (TPSA) is 112 Å². The quantitative estimate of drug-likeness (QED) is 0.765. The van der Waals surface area contributed by atoms with Crippen LogP contribution in [0.5, 0.6) is 0 Å². The summed E-state index contributed by atoms with van der Waals surface area (Å²) in [5, 5.41) is 6.87. The zero-order chi connectivity index (χ0) is 14.2. The minimum atomic E-state index is -2.92. The summed E-state index contributed by atoms with van der Waals surface area (Å²) in [7, 11) is -2.92. The van der Waals surface area contributed by atoms with Gasteiger partial charge in [-0.3, -0.25) is 9.89 Å². The molecule has 0 saturated carbocycles. The maximum atomic E-state index is 11.4. The van der Waals surface area contributed by atoms with Gasteiger partial charge in [0.15, 0.2) is 15.7 Å². The summed E-state index contributed by atoms with van der Waals surface area (Å²) in [6.45, 7) is 0.788. The van der Waals surface area contributed by atoms with Crippen LogP contribution in [0.4, 0.5) is 5.95 Å². The molecule has 3 rings (SSSR count). The van der Waals surface area contributed by atoms with E-state index in [9.17, 15) is 13.2 Å². The van der Waals surface area contributed by atoms with Gasteiger partial charge in [-0.25, -0.2) is 8.42 Å². The molecular formula is C11H13N5O3S. The minimum absolute atomic E-state index is 0.121. The van der Waals surface area contributed by atoms with Crippen LogP contribution in [0, 0.1) is 0 Å². The molecule has 1 aliphatic rings. The van der Waals surface area contributed by atoms with Crippen molar-refractivity contribution < 1.29 is 8.42 Å². The Morgan fingerprint density at radius 1 is 1.20 bits per heavy atom. The second kappa shape index (κ2) is 4.75. The third-order valence-corrected chi connectivity index (χ3v) is 4.77. The van der Waals surface area contributed by atoms with Crippen molar-refractivity contribution in [1.29, 1.82) is 0 Å². The summed E-state index contributed by atoms with van der Waals surface area (Å²) < 4.78 is 22.8. The van der Waals surface area contributed by atoms with Crippen LogP contribution in [0.1, 0.15) is 0 Å². The van der Waals surface area contributed by atoms with Crippen molar-refractivity contribution in [3.63, 3.8) is 0 Å². The number of nitrogens with one attached hydrogen (secondary N) is 2. The second-order valence-corrected chi connectivity index (χ2v) is 6.87. The average molecular weight is 295 g/mol. The van der Waals surface area contributed by atoms with E-state index in [1.807, 2.05) is 4.90 Å². The van der Waals surface area contributed by atoms with E-state index in [2.05, 4.69) is 20.2 Å². The van der Waals surface area contributed by atoms with Crippen molar-refractivity contribution >= 4 is 15.8 Å². The molecule has 2 aromatic heterocycles. The molecule has 1 saturated heterocycles. The molecule has 2 N–H and O–H groups in total. The molecule has 3 heterocycles. The largest absolute Gasteiger partial charge is 0.338 e. The normalized spacial score (nSPS) is 18.1. The Morgan fingerprint density at radius 3 is 2.60 bits per heavy atom. The van der Waals surface area contributed by atoms with E-state index in [4.69, 9.17) is 0 Å². The zero-order valence-electron chi connectivity index (χ0n) is 10.5. The first-order valence-electron chi connectivity index (χ1n) is 6.10. The van der Waals surface area contributed by atoms with Crippen molar-refractivity contribution in [3.05, 3.63) is 28.7 Å². The summed E-state index contributed by atoms with van der Waals surface area (Å²) in [4.78, 5) is 19.7. The summed E-state index contributed by atoms with van der Waals surface area (Å²) in [5.74, 6) is 1.25. The Labute approximate surface area is 114 Å². The maximum Gasteiger partial charge on any atom is 0.247 e. The number of pyridine rings is 1. The van der Waals surface area contributed by atoms with Gasteiger partial charge in [0.2, 0.25) is 11.5 Å². The molecule has 9 heteroatoms. The van der Waals surface area contributed by atoms with Gasteiger partial charge in [-0.1, -0.05) is 0 Å². The van der Waals surface area contributed by atoms with Gasteiger partial charge >= 0.3 is 0 Å². The van der Waals surface area contributed by atoms with Crippen molar-refractivity contribution in [2.24, 2.45) is 0 Å². The molecule has 20 heavy (non-hydrogen) atoms. The van der Waals surface area contributed by atoms with Gasteiger partial charge in [0, 0.05) is 30.9 Å². The predicted octanol–water partition coefficient (Wildman–Crippen LogP) is -0.605. The molecule has 2 aromatic rings. The van der Waals surface area contributed by atoms with E-state index >= 15 is 0 Å². The van der Waals surface area contributed by atoms with Crippen LogP contribution in [-0.4, -0.2) is 53.2 Å². The Bertz CT molecular complexity index is 745. The first-order chi connectivity index (χ1) is 9.53. The lowest BCUT2D eigenvalue weighted by Crippen LogP contribution is -2.40. The molecule has 0 bridgehead atoms. The summed E-state index contributed by atoms with van der Waals surface area (Å²) in [6.07, 6.45) is 1.55. The molecule has 0 amide bonds. The van der Waals surface area contributed by atoms with Crippen LogP contribution in [0.15, 0.2) is 23.1 Å². The van der Waals surface area contributed by atoms with Crippen LogP contribution in [0.25, 0.3) is 11.4 Å². The Balaban J connectivity index is 1.80. The predicted molar refractivity (Wildman–Crippen MR) is 73.3 cm³/mol. The highest BCUT2D eigenvalue weighted by molar-refractivity contribution is 7.91. The monoisotopic (exact) mass is 295 g/mol. The number of hydrogen-bond acceptors (Lipinski definition) is 6. The van der Waals surface area contributed by atoms with Crippen LogP contribution < -0.4 is 10.5 Å². The molecule has 1 fully saturated rings. The lowest BCUT2D eigenvalue weighted by atomic mass is 10.3. The fourth-order valence-electron chi connectivity index (χ4n) is 1.99. The Hall–Kier alpha value is -2.16. The number of aromatic amines is 2. The van der Waals surface area contributed by atoms with E-state index in [1.165, 1.54) is 6.07 Å². The molecule has 106 valence electrons. The Morgan fingerprint density at radius 2 is 1.95 bits per heavy atom. The maximum absolute atomic E-state index is 11.4. The van der Waals surface area contributed by atoms with Gasteiger partial charge in [-0.05, 0) is 6.07 Å². The number of hydrogen-bond donors (Lipinski definition) is 2. The highest BCUT2D eigenvalue weighted by Crippen LogP contribution is 2.17. The van der Waals surface area contributed by atoms with Gasteiger partial charge in [0.25, 0.3) is 0 Å². The summed E-state index contributed by atoms with van der Waals surface area (Å²) in [5.41, 5.74) is 0.530. The molecule has 0 aromatic carbocycles. The lowest BCUT2D eigenvalue weighted by Gasteiger charge is -2.25. The van der Waals surface area contributed by atoms with E-state index in [0.717, 1.165) is 0 Å². The zero-order valence-corrected chi connectivity index (χ0v) is 11.4. The molecule has 8 nitrogen and oxygen atoms in total. The molecule has 0 spiro atoms. The fourth-order valence-corrected chi connectivity index (χ4v) is 3.19. The fraction of sp³-hybridized carbons (Fsp3) is 0.364. The van der Waals surface area contributed by atoms with Gasteiger partial charge in [-0.2, -0.15) is 4.98 Å². The van der Waals surface area contributed by atoms with Crippen LogP contribution in [-0.2, 0) is 9.84 Å². The van der Waals surface area contributed by atoms with E-state index in [1.54, 1.807) is 12.3 Å². The van der Waals surface area contributed by atoms with Crippen LogP contribution >= 0.6 is 0 Å². The van der Waals surface area contributed by atoms with Crippen molar-refractivity contribution in [3.8, 4) is 11.4 Å². The molecule has 1 aliphatic heterocycles. The van der Waals surface area contributed by atoms with Gasteiger partial charge in [-0.15, -0.1) is 5.10 Å². The van der Waals surface area contributed by atoms with E-state index in [-0.39, 0.29) is 17.1 Å². The van der Waals surface area contributed by atoms with Crippen molar-refractivity contribution in [1.82, 2.24) is 20.2 Å². The van der Waals surface area contributed by atoms with Crippen LogP contribution in [0.2, 0.25) is 0 Å². The number of H-pyrrole nitrogens is 2. The van der Waals surface area contributed by atoms with Gasteiger partial charge < -0.3 is 9.88 Å². The number of anilines is 1. The van der Waals surface area contributed by atoms with Gasteiger partial charge in [0.1, 0.15) is 0 Å². The standard InChI is InChI=1S/C11H13N5O3S/c17-9-2-1-8(7-12-9)10-13-11(15-14-10)16-3-5-20(18,19)6-4-16/h1-2,7H,3-6H2,(H,12,17)(H,13,14,15). The van der Waals surface area contributed by atoms with Gasteiger partial charge in [0.05, 0.1) is 11.5 Å². The van der Waals surface area contributed by atoms with Crippen LogP contribution in [0.3, 0.4) is 0 Å². The first-order valence-corrected chi connectivity index (χ1v) is 7.92. The molecular weight excluding hydrogens is 282 g/mol. The highest BCUT2D eigenvalue weighted by Gasteiger charge is 2.24.